The Kier molecular flexibility index (Phi) is 3.15. The number of piperazine rings is 1. The van der Waals surface area contributed by atoms with Crippen LogP contribution in [0.1, 0.15) is 5.69 Å². The van der Waals surface area contributed by atoms with Gasteiger partial charge < -0.3 is 10.2 Å². The van der Waals surface area contributed by atoms with Crippen LogP contribution >= 0.6 is 0 Å². The topological polar surface area (TPSA) is 84.7 Å². The highest BCUT2D eigenvalue weighted by Crippen LogP contribution is 2.24. The average molecular weight is 296 g/mol. The second kappa shape index (κ2) is 5.30. The molecule has 8 nitrogen and oxygen atoms in total. The predicted octanol–water partition coefficient (Wildman–Crippen LogP) is 0.324. The van der Waals surface area contributed by atoms with Gasteiger partial charge in [-0.2, -0.15) is 14.9 Å². The summed E-state index contributed by atoms with van der Waals surface area (Å²) in [5.41, 5.74) is 1.62. The maximum absolute atomic E-state index is 4.45. The number of rotatable bonds is 2. The van der Waals surface area contributed by atoms with Gasteiger partial charge >= 0.3 is 0 Å². The number of aryl methyl sites for hydroxylation is 1. The first-order chi connectivity index (χ1) is 10.8. The number of anilines is 1. The average Bonchev–Trinajstić information content (AvgIpc) is 3.00. The van der Waals surface area contributed by atoms with Crippen molar-refractivity contribution >= 4 is 16.9 Å². The Balaban J connectivity index is 1.80. The maximum Gasteiger partial charge on any atom is 0.178 e. The van der Waals surface area contributed by atoms with Crippen LogP contribution in [0.4, 0.5) is 5.82 Å². The van der Waals surface area contributed by atoms with Gasteiger partial charge in [-0.1, -0.05) is 0 Å². The number of nitrogens with one attached hydrogen (secondary N) is 1. The Morgan fingerprint density at radius 2 is 1.95 bits per heavy atom. The molecule has 1 N–H and O–H groups in total. The van der Waals surface area contributed by atoms with Crippen LogP contribution in [-0.4, -0.2) is 56.1 Å². The standard InChI is InChI=1S/C14H16N8/c1-10-2-3-12(20-19-10)22-14-11(8-18-22)13(16-9-17-14)21-6-4-15-5-7-21/h2-3,8-9,15H,4-7H2,1H3. The zero-order valence-electron chi connectivity index (χ0n) is 12.3. The first-order valence-electron chi connectivity index (χ1n) is 7.28. The molecule has 1 aliphatic heterocycles. The monoisotopic (exact) mass is 296 g/mol. The van der Waals surface area contributed by atoms with Crippen molar-refractivity contribution in [1.29, 1.82) is 0 Å². The molecule has 4 rings (SSSR count). The lowest BCUT2D eigenvalue weighted by Crippen LogP contribution is -2.44. The normalized spacial score (nSPS) is 15.4. The molecule has 112 valence electrons. The number of nitrogens with zero attached hydrogens (tertiary/aromatic N) is 7. The molecule has 0 aromatic carbocycles. The minimum absolute atomic E-state index is 0.658. The van der Waals surface area contributed by atoms with Gasteiger partial charge in [-0.25, -0.2) is 9.97 Å². The third-order valence-electron chi connectivity index (χ3n) is 3.76. The molecule has 3 aromatic rings. The molecule has 0 radical (unpaired) electrons. The largest absolute Gasteiger partial charge is 0.353 e. The molecule has 0 spiro atoms. The molecule has 3 aromatic heterocycles. The molecule has 22 heavy (non-hydrogen) atoms. The lowest BCUT2D eigenvalue weighted by molar-refractivity contribution is 0.586. The predicted molar refractivity (Wildman–Crippen MR) is 82.1 cm³/mol. The molecular weight excluding hydrogens is 280 g/mol. The highest BCUT2D eigenvalue weighted by atomic mass is 15.4. The fourth-order valence-electron chi connectivity index (χ4n) is 2.63. The van der Waals surface area contributed by atoms with E-state index < -0.39 is 0 Å². The lowest BCUT2D eigenvalue weighted by Gasteiger charge is -2.28. The van der Waals surface area contributed by atoms with E-state index in [1.54, 1.807) is 17.2 Å². The Hall–Kier alpha value is -2.61. The van der Waals surface area contributed by atoms with Crippen molar-refractivity contribution < 1.29 is 0 Å². The Morgan fingerprint density at radius 3 is 2.73 bits per heavy atom. The Labute approximate surface area is 127 Å². The van der Waals surface area contributed by atoms with Crippen molar-refractivity contribution in [1.82, 2.24) is 35.3 Å². The summed E-state index contributed by atoms with van der Waals surface area (Å²) >= 11 is 0. The third-order valence-corrected chi connectivity index (χ3v) is 3.76. The molecule has 1 fully saturated rings. The van der Waals surface area contributed by atoms with Crippen molar-refractivity contribution in [3.05, 3.63) is 30.4 Å². The van der Waals surface area contributed by atoms with Gasteiger partial charge in [0, 0.05) is 26.2 Å². The molecule has 0 atom stereocenters. The van der Waals surface area contributed by atoms with E-state index in [4.69, 9.17) is 0 Å². The Bertz CT molecular complexity index is 788. The van der Waals surface area contributed by atoms with Crippen LogP contribution in [0.15, 0.2) is 24.7 Å². The molecule has 0 saturated carbocycles. The summed E-state index contributed by atoms with van der Waals surface area (Å²) in [7, 11) is 0. The van der Waals surface area contributed by atoms with Crippen LogP contribution in [0.2, 0.25) is 0 Å². The van der Waals surface area contributed by atoms with E-state index >= 15 is 0 Å². The lowest BCUT2D eigenvalue weighted by atomic mass is 10.3. The van der Waals surface area contributed by atoms with Crippen molar-refractivity contribution in [3.8, 4) is 5.82 Å². The molecule has 8 heteroatoms. The van der Waals surface area contributed by atoms with E-state index in [0.29, 0.717) is 5.82 Å². The summed E-state index contributed by atoms with van der Waals surface area (Å²) in [6.45, 7) is 5.69. The molecule has 1 aliphatic rings. The quantitative estimate of drug-likeness (QED) is 0.729. The van der Waals surface area contributed by atoms with Crippen LogP contribution in [0, 0.1) is 6.92 Å². The first-order valence-corrected chi connectivity index (χ1v) is 7.28. The SMILES string of the molecule is Cc1ccc(-n2ncc3c(N4CCNCC4)ncnc32)nn1. The summed E-state index contributed by atoms with van der Waals surface area (Å²) in [5, 5.41) is 17.0. The molecule has 0 aliphatic carbocycles. The summed E-state index contributed by atoms with van der Waals surface area (Å²) in [6, 6.07) is 3.80. The van der Waals surface area contributed by atoms with Gasteiger partial charge in [0.15, 0.2) is 11.5 Å². The zero-order chi connectivity index (χ0) is 14.9. The molecule has 4 heterocycles. The van der Waals surface area contributed by atoms with Crippen molar-refractivity contribution in [3.63, 3.8) is 0 Å². The number of fused-ring (bicyclic) bond motifs is 1. The smallest absolute Gasteiger partial charge is 0.178 e. The highest BCUT2D eigenvalue weighted by molar-refractivity contribution is 5.87. The molecule has 0 unspecified atom stereocenters. The number of aromatic nitrogens is 6. The third kappa shape index (κ3) is 2.17. The van der Waals surface area contributed by atoms with Gasteiger partial charge in [0.1, 0.15) is 12.1 Å². The second-order valence-corrected chi connectivity index (χ2v) is 5.26. The van der Waals surface area contributed by atoms with E-state index in [1.165, 1.54) is 0 Å². The fourth-order valence-corrected chi connectivity index (χ4v) is 2.63. The van der Waals surface area contributed by atoms with E-state index in [1.807, 2.05) is 19.1 Å². The molecule has 1 saturated heterocycles. The van der Waals surface area contributed by atoms with E-state index in [-0.39, 0.29) is 0 Å². The van der Waals surface area contributed by atoms with Crippen molar-refractivity contribution in [2.75, 3.05) is 31.1 Å². The Morgan fingerprint density at radius 1 is 1.09 bits per heavy atom. The van der Waals surface area contributed by atoms with Crippen molar-refractivity contribution in [2.24, 2.45) is 0 Å². The van der Waals surface area contributed by atoms with E-state index in [0.717, 1.165) is 48.7 Å². The molecule has 0 amide bonds. The van der Waals surface area contributed by atoms with Crippen molar-refractivity contribution in [2.45, 2.75) is 6.92 Å². The van der Waals surface area contributed by atoms with Crippen LogP contribution in [0.3, 0.4) is 0 Å². The van der Waals surface area contributed by atoms with Gasteiger partial charge in [-0.3, -0.25) is 0 Å². The fraction of sp³-hybridized carbons (Fsp3) is 0.357. The summed E-state index contributed by atoms with van der Waals surface area (Å²) in [5.74, 6) is 1.59. The minimum atomic E-state index is 0.658. The van der Waals surface area contributed by atoms with Gasteiger partial charge in [0.25, 0.3) is 0 Å². The van der Waals surface area contributed by atoms with Gasteiger partial charge in [0.2, 0.25) is 0 Å². The van der Waals surface area contributed by atoms with E-state index in [9.17, 15) is 0 Å². The van der Waals surface area contributed by atoms with E-state index in [2.05, 4.69) is 35.5 Å². The summed E-state index contributed by atoms with van der Waals surface area (Å²) in [6.07, 6.45) is 3.38. The minimum Gasteiger partial charge on any atom is -0.353 e. The van der Waals surface area contributed by atoms with Gasteiger partial charge in [-0.15, -0.1) is 5.10 Å². The molecule has 0 bridgehead atoms. The highest BCUT2D eigenvalue weighted by Gasteiger charge is 2.18. The van der Waals surface area contributed by atoms with Crippen LogP contribution in [0.5, 0.6) is 0 Å². The maximum atomic E-state index is 4.45. The molecular formula is C14H16N8. The number of hydrogen-bond acceptors (Lipinski definition) is 7. The van der Waals surface area contributed by atoms with Crippen LogP contribution < -0.4 is 10.2 Å². The van der Waals surface area contributed by atoms with Crippen LogP contribution in [0.25, 0.3) is 16.9 Å². The summed E-state index contributed by atoms with van der Waals surface area (Å²) < 4.78 is 1.70. The number of hydrogen-bond donors (Lipinski definition) is 1. The van der Waals surface area contributed by atoms with Gasteiger partial charge in [-0.05, 0) is 19.1 Å². The first kappa shape index (κ1) is 13.1. The van der Waals surface area contributed by atoms with Gasteiger partial charge in [0.05, 0.1) is 17.3 Å². The van der Waals surface area contributed by atoms with Crippen LogP contribution in [-0.2, 0) is 0 Å². The second-order valence-electron chi connectivity index (χ2n) is 5.26. The zero-order valence-corrected chi connectivity index (χ0v) is 12.3. The summed E-state index contributed by atoms with van der Waals surface area (Å²) in [4.78, 5) is 11.1.